The number of benzene rings is 1. The number of hydrogen-bond donors (Lipinski definition) is 2. The molecule has 3 nitrogen and oxygen atoms in total. The first-order valence-corrected chi connectivity index (χ1v) is 6.00. The average molecular weight is 274 g/mol. The van der Waals surface area contributed by atoms with E-state index in [-0.39, 0.29) is 0 Å². The van der Waals surface area contributed by atoms with E-state index >= 15 is 0 Å². The van der Waals surface area contributed by atoms with Crippen molar-refractivity contribution in [1.82, 2.24) is 5.32 Å². The first kappa shape index (κ1) is 15.5. The molecule has 19 heavy (non-hydrogen) atoms. The van der Waals surface area contributed by atoms with Gasteiger partial charge in [0.25, 0.3) is 5.91 Å². The number of nitrogens with two attached hydrogens (primary N) is 1. The lowest BCUT2D eigenvalue weighted by Gasteiger charge is -2.29. The molecule has 0 heterocycles. The van der Waals surface area contributed by atoms with Crippen LogP contribution in [0.4, 0.5) is 13.2 Å². The second-order valence-corrected chi connectivity index (χ2v) is 4.63. The summed E-state index contributed by atoms with van der Waals surface area (Å²) in [6.45, 7) is 3.96. The highest BCUT2D eigenvalue weighted by Crippen LogP contribution is 2.18. The van der Waals surface area contributed by atoms with E-state index in [2.05, 4.69) is 5.32 Å². The van der Waals surface area contributed by atoms with Gasteiger partial charge in [-0.1, -0.05) is 6.92 Å². The van der Waals surface area contributed by atoms with Gasteiger partial charge in [0.1, 0.15) is 0 Å². The summed E-state index contributed by atoms with van der Waals surface area (Å²) >= 11 is 0. The maximum absolute atomic E-state index is 13.5. The lowest BCUT2D eigenvalue weighted by atomic mass is 9.94. The van der Waals surface area contributed by atoms with Gasteiger partial charge in [0.05, 0.1) is 5.56 Å². The molecule has 0 spiro atoms. The van der Waals surface area contributed by atoms with Crippen molar-refractivity contribution >= 4 is 5.91 Å². The molecule has 0 fully saturated rings. The van der Waals surface area contributed by atoms with Gasteiger partial charge in [-0.2, -0.15) is 0 Å². The highest BCUT2D eigenvalue weighted by Gasteiger charge is 2.26. The van der Waals surface area contributed by atoms with E-state index in [0.717, 1.165) is 12.1 Å². The van der Waals surface area contributed by atoms with Crippen molar-refractivity contribution < 1.29 is 18.0 Å². The fourth-order valence-corrected chi connectivity index (χ4v) is 1.69. The molecule has 0 aliphatic rings. The molecule has 0 aliphatic carbocycles. The Labute approximate surface area is 110 Å². The molecule has 1 amide bonds. The van der Waals surface area contributed by atoms with Crippen LogP contribution in [0.15, 0.2) is 12.1 Å². The van der Waals surface area contributed by atoms with Gasteiger partial charge < -0.3 is 11.1 Å². The van der Waals surface area contributed by atoms with Crippen LogP contribution in [-0.4, -0.2) is 18.0 Å². The minimum Gasteiger partial charge on any atom is -0.347 e. The smallest absolute Gasteiger partial charge is 0.254 e. The van der Waals surface area contributed by atoms with Crippen molar-refractivity contribution in [2.45, 2.75) is 32.2 Å². The lowest BCUT2D eigenvalue weighted by molar-refractivity contribution is 0.0894. The number of amides is 1. The van der Waals surface area contributed by atoms with Crippen LogP contribution in [0.25, 0.3) is 0 Å². The van der Waals surface area contributed by atoms with E-state index in [1.165, 1.54) is 0 Å². The van der Waals surface area contributed by atoms with Crippen LogP contribution in [0.1, 0.15) is 37.0 Å². The minimum absolute atomic E-state index is 0.352. The third kappa shape index (κ3) is 3.47. The van der Waals surface area contributed by atoms with Crippen molar-refractivity contribution in [3.05, 3.63) is 35.1 Å². The first-order valence-electron chi connectivity index (χ1n) is 6.00. The molecule has 0 saturated heterocycles. The number of halogens is 3. The van der Waals surface area contributed by atoms with E-state index in [1.807, 2.05) is 6.92 Å². The van der Waals surface area contributed by atoms with Crippen molar-refractivity contribution in [2.24, 2.45) is 5.73 Å². The molecule has 1 aromatic rings. The van der Waals surface area contributed by atoms with Crippen LogP contribution in [0, 0.1) is 17.5 Å². The third-order valence-corrected chi connectivity index (χ3v) is 3.17. The fourth-order valence-electron chi connectivity index (χ4n) is 1.69. The van der Waals surface area contributed by atoms with E-state index in [1.54, 1.807) is 6.92 Å². The van der Waals surface area contributed by atoms with Gasteiger partial charge in [-0.15, -0.1) is 0 Å². The Morgan fingerprint density at radius 1 is 1.32 bits per heavy atom. The molecule has 3 N–H and O–H groups in total. The zero-order valence-electron chi connectivity index (χ0n) is 10.9. The lowest BCUT2D eigenvalue weighted by Crippen LogP contribution is -2.47. The largest absolute Gasteiger partial charge is 0.347 e. The minimum atomic E-state index is -1.65. The van der Waals surface area contributed by atoms with Gasteiger partial charge >= 0.3 is 0 Å². The summed E-state index contributed by atoms with van der Waals surface area (Å²) in [6, 6.07) is 1.64. The number of rotatable bonds is 5. The Bertz CT molecular complexity index is 479. The van der Waals surface area contributed by atoms with Gasteiger partial charge in [-0.05, 0) is 38.4 Å². The van der Waals surface area contributed by atoms with Crippen LogP contribution >= 0.6 is 0 Å². The first-order chi connectivity index (χ1) is 8.84. The topological polar surface area (TPSA) is 55.1 Å². The quantitative estimate of drug-likeness (QED) is 0.810. The highest BCUT2D eigenvalue weighted by atomic mass is 19.2. The van der Waals surface area contributed by atoms with Crippen molar-refractivity contribution in [1.29, 1.82) is 0 Å². The van der Waals surface area contributed by atoms with Crippen LogP contribution in [-0.2, 0) is 0 Å². The van der Waals surface area contributed by atoms with Gasteiger partial charge in [0, 0.05) is 5.54 Å². The third-order valence-electron chi connectivity index (χ3n) is 3.17. The zero-order chi connectivity index (χ0) is 14.6. The molecule has 1 atom stereocenters. The van der Waals surface area contributed by atoms with E-state index in [0.29, 0.717) is 19.4 Å². The molecule has 6 heteroatoms. The van der Waals surface area contributed by atoms with Crippen molar-refractivity contribution in [2.75, 3.05) is 6.54 Å². The normalized spacial score (nSPS) is 14.0. The number of carbonyl (C=O) groups excluding carboxylic acids is 1. The van der Waals surface area contributed by atoms with Gasteiger partial charge in [0.15, 0.2) is 17.5 Å². The standard InChI is InChI=1S/C13H17F3N2O/c1-3-13(2,6-7-17)18-12(19)8-4-5-9(14)11(16)10(8)15/h4-5H,3,6-7,17H2,1-2H3,(H,18,19). The van der Waals surface area contributed by atoms with Gasteiger partial charge in [-0.25, -0.2) is 13.2 Å². The number of carbonyl (C=O) groups is 1. The Balaban J connectivity index is 2.99. The molecule has 0 radical (unpaired) electrons. The molecule has 0 saturated carbocycles. The molecule has 0 aliphatic heterocycles. The van der Waals surface area contributed by atoms with E-state index in [9.17, 15) is 18.0 Å². The predicted molar refractivity (Wildman–Crippen MR) is 66.1 cm³/mol. The Morgan fingerprint density at radius 2 is 1.95 bits per heavy atom. The maximum atomic E-state index is 13.5. The highest BCUT2D eigenvalue weighted by molar-refractivity contribution is 5.95. The van der Waals surface area contributed by atoms with Gasteiger partial charge in [-0.3, -0.25) is 4.79 Å². The predicted octanol–water partition coefficient (Wildman–Crippen LogP) is 2.35. The summed E-state index contributed by atoms with van der Waals surface area (Å²) in [4.78, 5) is 11.9. The van der Waals surface area contributed by atoms with E-state index in [4.69, 9.17) is 5.73 Å². The Hall–Kier alpha value is -1.56. The summed E-state index contributed by atoms with van der Waals surface area (Å²) in [5.74, 6) is -5.24. The summed E-state index contributed by atoms with van der Waals surface area (Å²) < 4.78 is 39.3. The average Bonchev–Trinajstić information content (AvgIpc) is 2.36. The summed E-state index contributed by atoms with van der Waals surface area (Å²) in [7, 11) is 0. The molecule has 1 aromatic carbocycles. The maximum Gasteiger partial charge on any atom is 0.254 e. The van der Waals surface area contributed by atoms with Crippen LogP contribution < -0.4 is 11.1 Å². The van der Waals surface area contributed by atoms with E-state index < -0.39 is 34.5 Å². The summed E-state index contributed by atoms with van der Waals surface area (Å²) in [5.41, 5.74) is 4.32. The molecule has 0 bridgehead atoms. The van der Waals surface area contributed by atoms with Crippen molar-refractivity contribution in [3.63, 3.8) is 0 Å². The van der Waals surface area contributed by atoms with Crippen molar-refractivity contribution in [3.8, 4) is 0 Å². The fraction of sp³-hybridized carbons (Fsp3) is 0.462. The molecular weight excluding hydrogens is 257 g/mol. The second-order valence-electron chi connectivity index (χ2n) is 4.63. The molecular formula is C13H17F3N2O. The zero-order valence-corrected chi connectivity index (χ0v) is 10.9. The summed E-state index contributed by atoms with van der Waals surface area (Å²) in [6.07, 6.45) is 1.09. The SMILES string of the molecule is CCC(C)(CCN)NC(=O)c1ccc(F)c(F)c1F. The van der Waals surface area contributed by atoms with Crippen LogP contribution in [0.2, 0.25) is 0 Å². The van der Waals surface area contributed by atoms with Gasteiger partial charge in [0.2, 0.25) is 0 Å². The Morgan fingerprint density at radius 3 is 2.47 bits per heavy atom. The molecule has 1 unspecified atom stereocenters. The number of nitrogens with one attached hydrogen (secondary N) is 1. The second kappa shape index (κ2) is 6.06. The molecule has 106 valence electrons. The van der Waals surface area contributed by atoms with Crippen LogP contribution in [0.5, 0.6) is 0 Å². The molecule has 1 rings (SSSR count). The summed E-state index contributed by atoms with van der Waals surface area (Å²) in [5, 5.41) is 2.60. The van der Waals surface area contributed by atoms with Crippen LogP contribution in [0.3, 0.4) is 0 Å². The monoisotopic (exact) mass is 274 g/mol. The number of hydrogen-bond acceptors (Lipinski definition) is 2. The Kier molecular flexibility index (Phi) is 4.94. The molecule has 0 aromatic heterocycles.